The van der Waals surface area contributed by atoms with Gasteiger partial charge in [0.25, 0.3) is 0 Å². The highest BCUT2D eigenvalue weighted by Gasteiger charge is 2.19. The Morgan fingerprint density at radius 2 is 2.05 bits per heavy atom. The van der Waals surface area contributed by atoms with E-state index in [1.54, 1.807) is 6.07 Å². The standard InChI is InChI=1S/C15H16ClN3O/c16-11-2-3-12(13(17)8-11)15(19-18)10-1-4-14-9(7-10)5-6-20-14/h1-4,7-8,15,19H,5-6,17-18H2. The summed E-state index contributed by atoms with van der Waals surface area (Å²) in [6, 6.07) is 11.4. The Balaban J connectivity index is 2.01. The van der Waals surface area contributed by atoms with Crippen LogP contribution in [0.5, 0.6) is 5.75 Å². The maximum Gasteiger partial charge on any atom is 0.122 e. The van der Waals surface area contributed by atoms with Crippen molar-refractivity contribution in [3.63, 3.8) is 0 Å². The third-order valence-corrected chi connectivity index (χ3v) is 3.81. The zero-order chi connectivity index (χ0) is 14.1. The van der Waals surface area contributed by atoms with Crippen LogP contribution in [0.25, 0.3) is 0 Å². The van der Waals surface area contributed by atoms with Crippen molar-refractivity contribution < 1.29 is 4.74 Å². The molecule has 3 rings (SSSR count). The van der Waals surface area contributed by atoms with Crippen LogP contribution in [0.15, 0.2) is 36.4 Å². The number of halogens is 1. The average molecular weight is 290 g/mol. The molecule has 2 aromatic rings. The fourth-order valence-corrected chi connectivity index (χ4v) is 2.74. The lowest BCUT2D eigenvalue weighted by Crippen LogP contribution is -2.29. The molecule has 1 aliphatic heterocycles. The van der Waals surface area contributed by atoms with Gasteiger partial charge in [-0.1, -0.05) is 29.8 Å². The molecule has 5 heteroatoms. The molecular formula is C15H16ClN3O. The van der Waals surface area contributed by atoms with Gasteiger partial charge in [0.05, 0.1) is 12.6 Å². The van der Waals surface area contributed by atoms with E-state index in [0.717, 1.165) is 29.9 Å². The van der Waals surface area contributed by atoms with E-state index in [2.05, 4.69) is 11.5 Å². The summed E-state index contributed by atoms with van der Waals surface area (Å²) in [7, 11) is 0. The second-order valence-corrected chi connectivity index (χ2v) is 5.27. The number of rotatable bonds is 3. The Kier molecular flexibility index (Phi) is 3.53. The van der Waals surface area contributed by atoms with E-state index in [1.165, 1.54) is 5.56 Å². The molecule has 0 aliphatic carbocycles. The molecule has 0 saturated carbocycles. The Morgan fingerprint density at radius 1 is 1.20 bits per heavy atom. The van der Waals surface area contributed by atoms with Gasteiger partial charge in [0.15, 0.2) is 0 Å². The highest BCUT2D eigenvalue weighted by molar-refractivity contribution is 6.30. The van der Waals surface area contributed by atoms with Crippen LogP contribution in [0.3, 0.4) is 0 Å². The topological polar surface area (TPSA) is 73.3 Å². The van der Waals surface area contributed by atoms with Gasteiger partial charge >= 0.3 is 0 Å². The number of nitrogen functional groups attached to an aromatic ring is 1. The summed E-state index contributed by atoms with van der Waals surface area (Å²) in [4.78, 5) is 0. The van der Waals surface area contributed by atoms with Crippen molar-refractivity contribution in [2.45, 2.75) is 12.5 Å². The first-order valence-corrected chi connectivity index (χ1v) is 6.83. The molecule has 1 unspecified atom stereocenters. The van der Waals surface area contributed by atoms with Crippen molar-refractivity contribution in [2.24, 2.45) is 5.84 Å². The van der Waals surface area contributed by atoms with E-state index >= 15 is 0 Å². The largest absolute Gasteiger partial charge is 0.493 e. The molecule has 1 heterocycles. The smallest absolute Gasteiger partial charge is 0.122 e. The molecule has 20 heavy (non-hydrogen) atoms. The van der Waals surface area contributed by atoms with Crippen molar-refractivity contribution in [3.05, 3.63) is 58.1 Å². The number of nitrogens with two attached hydrogens (primary N) is 2. The van der Waals surface area contributed by atoms with E-state index < -0.39 is 0 Å². The summed E-state index contributed by atoms with van der Waals surface area (Å²) < 4.78 is 5.52. The molecule has 0 radical (unpaired) electrons. The van der Waals surface area contributed by atoms with Gasteiger partial charge in [0.2, 0.25) is 0 Å². The molecule has 0 aromatic heterocycles. The predicted molar refractivity (Wildman–Crippen MR) is 80.7 cm³/mol. The molecule has 2 aromatic carbocycles. The minimum absolute atomic E-state index is 0.168. The third kappa shape index (κ3) is 2.33. The number of benzene rings is 2. The molecular weight excluding hydrogens is 274 g/mol. The lowest BCUT2D eigenvalue weighted by atomic mass is 9.96. The number of hydrogen-bond acceptors (Lipinski definition) is 4. The number of hydrazine groups is 1. The molecule has 0 amide bonds. The first-order chi connectivity index (χ1) is 9.69. The number of fused-ring (bicyclic) bond motifs is 1. The lowest BCUT2D eigenvalue weighted by molar-refractivity contribution is 0.357. The summed E-state index contributed by atoms with van der Waals surface area (Å²) in [6.45, 7) is 0.739. The van der Waals surface area contributed by atoms with Crippen molar-refractivity contribution in [1.29, 1.82) is 0 Å². The maximum absolute atomic E-state index is 6.04. The monoisotopic (exact) mass is 289 g/mol. The SMILES string of the molecule is NNC(c1ccc2c(c1)CCO2)c1ccc(Cl)cc1N. The zero-order valence-electron chi connectivity index (χ0n) is 10.9. The summed E-state index contributed by atoms with van der Waals surface area (Å²) in [5, 5.41) is 0.615. The van der Waals surface area contributed by atoms with Crippen molar-refractivity contribution in [1.82, 2.24) is 5.43 Å². The third-order valence-electron chi connectivity index (χ3n) is 3.57. The van der Waals surface area contributed by atoms with Gasteiger partial charge in [-0.05, 0) is 34.9 Å². The normalized spacial score (nSPS) is 14.7. The van der Waals surface area contributed by atoms with Crippen LogP contribution in [0.1, 0.15) is 22.7 Å². The van der Waals surface area contributed by atoms with Crippen LogP contribution in [0.2, 0.25) is 5.02 Å². The van der Waals surface area contributed by atoms with Crippen LogP contribution in [-0.4, -0.2) is 6.61 Å². The second-order valence-electron chi connectivity index (χ2n) is 4.84. The minimum atomic E-state index is -0.168. The molecule has 1 atom stereocenters. The van der Waals surface area contributed by atoms with Gasteiger partial charge in [-0.3, -0.25) is 5.84 Å². The van der Waals surface area contributed by atoms with Gasteiger partial charge in [-0.15, -0.1) is 0 Å². The molecule has 0 bridgehead atoms. The minimum Gasteiger partial charge on any atom is -0.493 e. The summed E-state index contributed by atoms with van der Waals surface area (Å²) in [6.07, 6.45) is 0.927. The maximum atomic E-state index is 6.04. The van der Waals surface area contributed by atoms with E-state index in [1.807, 2.05) is 24.3 Å². The molecule has 1 aliphatic rings. The van der Waals surface area contributed by atoms with Crippen LogP contribution in [0.4, 0.5) is 5.69 Å². The van der Waals surface area contributed by atoms with Crippen LogP contribution >= 0.6 is 11.6 Å². The van der Waals surface area contributed by atoms with Gasteiger partial charge in [-0.25, -0.2) is 5.43 Å². The Labute approximate surface area is 122 Å². The number of anilines is 1. The zero-order valence-corrected chi connectivity index (χ0v) is 11.7. The molecule has 4 nitrogen and oxygen atoms in total. The first-order valence-electron chi connectivity index (χ1n) is 6.45. The average Bonchev–Trinajstić information content (AvgIpc) is 2.89. The van der Waals surface area contributed by atoms with Gasteiger partial charge in [0, 0.05) is 17.1 Å². The molecule has 104 valence electrons. The highest BCUT2D eigenvalue weighted by atomic mass is 35.5. The Bertz CT molecular complexity index is 645. The van der Waals surface area contributed by atoms with E-state index in [9.17, 15) is 0 Å². The Hall–Kier alpha value is -1.75. The summed E-state index contributed by atoms with van der Waals surface area (Å²) >= 11 is 5.94. The quantitative estimate of drug-likeness (QED) is 0.461. The van der Waals surface area contributed by atoms with Crippen molar-refractivity contribution >= 4 is 17.3 Å². The van der Waals surface area contributed by atoms with Gasteiger partial charge in [-0.2, -0.15) is 0 Å². The first kappa shape index (κ1) is 13.2. The molecule has 0 spiro atoms. The van der Waals surface area contributed by atoms with Crippen LogP contribution in [0, 0.1) is 0 Å². The van der Waals surface area contributed by atoms with Crippen molar-refractivity contribution in [3.8, 4) is 5.75 Å². The Morgan fingerprint density at radius 3 is 2.80 bits per heavy atom. The van der Waals surface area contributed by atoms with E-state index in [4.69, 9.17) is 27.9 Å². The summed E-state index contributed by atoms with van der Waals surface area (Å²) in [5.74, 6) is 6.67. The predicted octanol–water partition coefficient (Wildman–Crippen LogP) is 2.41. The van der Waals surface area contributed by atoms with Gasteiger partial charge in [0.1, 0.15) is 5.75 Å². The number of nitrogens with one attached hydrogen (secondary N) is 1. The number of hydrogen-bond donors (Lipinski definition) is 3. The summed E-state index contributed by atoms with van der Waals surface area (Å²) in [5.41, 5.74) is 12.7. The van der Waals surface area contributed by atoms with E-state index in [0.29, 0.717) is 10.7 Å². The van der Waals surface area contributed by atoms with Crippen LogP contribution in [-0.2, 0) is 6.42 Å². The molecule has 5 N–H and O–H groups in total. The van der Waals surface area contributed by atoms with Crippen LogP contribution < -0.4 is 21.7 Å². The lowest BCUT2D eigenvalue weighted by Gasteiger charge is -2.19. The molecule has 0 fully saturated rings. The van der Waals surface area contributed by atoms with E-state index in [-0.39, 0.29) is 6.04 Å². The highest BCUT2D eigenvalue weighted by Crippen LogP contribution is 2.32. The second kappa shape index (κ2) is 5.32. The number of ether oxygens (including phenoxy) is 1. The fourth-order valence-electron chi connectivity index (χ4n) is 2.56. The van der Waals surface area contributed by atoms with Crippen molar-refractivity contribution in [2.75, 3.05) is 12.3 Å². The molecule has 0 saturated heterocycles. The fraction of sp³-hybridized carbons (Fsp3) is 0.200. The van der Waals surface area contributed by atoms with Gasteiger partial charge < -0.3 is 10.5 Å².